The summed E-state index contributed by atoms with van der Waals surface area (Å²) in [5.41, 5.74) is 5.87. The third kappa shape index (κ3) is 3.03. The topological polar surface area (TPSA) is 56.2 Å². The molecule has 2 N–H and O–H groups in total. The van der Waals surface area contributed by atoms with Crippen LogP contribution in [-0.4, -0.2) is 5.91 Å². The van der Waals surface area contributed by atoms with Crippen LogP contribution in [0.3, 0.4) is 0 Å². The van der Waals surface area contributed by atoms with Crippen LogP contribution in [0.1, 0.15) is 5.76 Å². The van der Waals surface area contributed by atoms with Gasteiger partial charge in [0.25, 0.3) is 0 Å². The Morgan fingerprint density at radius 1 is 1.33 bits per heavy atom. The molecular formula is C13H9BrClNO2. The van der Waals surface area contributed by atoms with E-state index >= 15 is 0 Å². The van der Waals surface area contributed by atoms with E-state index < -0.39 is 5.91 Å². The Morgan fingerprint density at radius 3 is 2.78 bits per heavy atom. The van der Waals surface area contributed by atoms with Gasteiger partial charge in [-0.3, -0.25) is 4.79 Å². The average molecular weight is 327 g/mol. The third-order valence-corrected chi connectivity index (χ3v) is 3.48. The third-order valence-electron chi connectivity index (χ3n) is 2.24. The van der Waals surface area contributed by atoms with E-state index in [-0.39, 0.29) is 0 Å². The molecule has 2 rings (SSSR count). The highest BCUT2D eigenvalue weighted by atomic mass is 79.9. The maximum atomic E-state index is 10.6. The van der Waals surface area contributed by atoms with Crippen molar-refractivity contribution in [2.24, 2.45) is 5.73 Å². The summed E-state index contributed by atoms with van der Waals surface area (Å²) in [6.07, 6.45) is 2.77. The maximum Gasteiger partial charge on any atom is 0.241 e. The summed E-state index contributed by atoms with van der Waals surface area (Å²) in [6, 6.07) is 9.09. The molecule has 0 atom stereocenters. The summed E-state index contributed by atoms with van der Waals surface area (Å²) in [5, 5.41) is 0.609. The number of primary amides is 1. The second kappa shape index (κ2) is 5.42. The zero-order chi connectivity index (χ0) is 13.1. The molecule has 0 bridgehead atoms. The van der Waals surface area contributed by atoms with Crippen LogP contribution in [0.5, 0.6) is 0 Å². The predicted molar refractivity (Wildman–Crippen MR) is 75.1 cm³/mol. The van der Waals surface area contributed by atoms with E-state index in [1.54, 1.807) is 18.2 Å². The summed E-state index contributed by atoms with van der Waals surface area (Å²) >= 11 is 9.33. The Bertz CT molecular complexity index is 619. The molecule has 0 saturated heterocycles. The fraction of sp³-hybridized carbons (Fsp3) is 0. The predicted octanol–water partition coefficient (Wildman–Crippen LogP) is 3.86. The monoisotopic (exact) mass is 325 g/mol. The van der Waals surface area contributed by atoms with Crippen molar-refractivity contribution in [3.05, 3.63) is 51.7 Å². The molecule has 1 aromatic heterocycles. The van der Waals surface area contributed by atoms with E-state index in [9.17, 15) is 4.79 Å². The highest BCUT2D eigenvalue weighted by Gasteiger charge is 2.05. The van der Waals surface area contributed by atoms with Crippen molar-refractivity contribution in [1.82, 2.24) is 0 Å². The number of rotatable bonds is 3. The Hall–Kier alpha value is -1.52. The van der Waals surface area contributed by atoms with Gasteiger partial charge in [0.15, 0.2) is 0 Å². The largest absolute Gasteiger partial charge is 0.457 e. The zero-order valence-corrected chi connectivity index (χ0v) is 11.5. The van der Waals surface area contributed by atoms with Gasteiger partial charge < -0.3 is 10.2 Å². The fourth-order valence-corrected chi connectivity index (χ4v) is 1.84. The zero-order valence-electron chi connectivity index (χ0n) is 9.19. The normalized spacial score (nSPS) is 11.0. The fourth-order valence-electron chi connectivity index (χ4n) is 1.41. The van der Waals surface area contributed by atoms with Gasteiger partial charge in [-0.25, -0.2) is 0 Å². The molecule has 92 valence electrons. The molecule has 18 heavy (non-hydrogen) atoms. The second-order valence-electron chi connectivity index (χ2n) is 3.57. The Labute approximate surface area is 117 Å². The minimum absolute atomic E-state index is 0.514. The van der Waals surface area contributed by atoms with Gasteiger partial charge in [0.05, 0.1) is 5.02 Å². The van der Waals surface area contributed by atoms with Gasteiger partial charge in [-0.15, -0.1) is 0 Å². The maximum absolute atomic E-state index is 10.6. The number of hydrogen-bond donors (Lipinski definition) is 1. The number of carbonyl (C=O) groups is 1. The Morgan fingerprint density at radius 2 is 2.11 bits per heavy atom. The first-order chi connectivity index (χ1) is 8.56. The van der Waals surface area contributed by atoms with Crippen molar-refractivity contribution in [1.29, 1.82) is 0 Å². The van der Waals surface area contributed by atoms with Gasteiger partial charge >= 0.3 is 0 Å². The van der Waals surface area contributed by atoms with Crippen molar-refractivity contribution < 1.29 is 9.21 Å². The number of hydrogen-bond acceptors (Lipinski definition) is 2. The van der Waals surface area contributed by atoms with Crippen LogP contribution in [-0.2, 0) is 4.79 Å². The van der Waals surface area contributed by atoms with Crippen LogP contribution < -0.4 is 5.73 Å². The number of nitrogens with two attached hydrogens (primary N) is 1. The molecule has 0 spiro atoms. The van der Waals surface area contributed by atoms with Crippen LogP contribution in [0.4, 0.5) is 0 Å². The van der Waals surface area contributed by atoms with Gasteiger partial charge in [0.2, 0.25) is 5.91 Å². The Kier molecular flexibility index (Phi) is 3.89. The molecule has 0 aliphatic carbocycles. The lowest BCUT2D eigenvalue weighted by Gasteiger charge is -1.99. The number of carbonyl (C=O) groups excluding carboxylic acids is 1. The molecule has 0 aliphatic heterocycles. The molecule has 2 aromatic rings. The van der Waals surface area contributed by atoms with Crippen molar-refractivity contribution in [2.45, 2.75) is 0 Å². The molecule has 0 aliphatic rings. The van der Waals surface area contributed by atoms with Crippen molar-refractivity contribution in [2.75, 3.05) is 0 Å². The van der Waals surface area contributed by atoms with Gasteiger partial charge in [0.1, 0.15) is 11.5 Å². The average Bonchev–Trinajstić information content (AvgIpc) is 2.79. The number of furan rings is 1. The number of benzene rings is 1. The van der Waals surface area contributed by atoms with Gasteiger partial charge in [-0.2, -0.15) is 0 Å². The van der Waals surface area contributed by atoms with Crippen LogP contribution in [0, 0.1) is 0 Å². The van der Waals surface area contributed by atoms with E-state index in [1.165, 1.54) is 12.2 Å². The molecule has 1 amide bonds. The molecule has 3 nitrogen and oxygen atoms in total. The summed E-state index contributed by atoms with van der Waals surface area (Å²) in [4.78, 5) is 10.6. The first-order valence-electron chi connectivity index (χ1n) is 5.09. The quantitative estimate of drug-likeness (QED) is 0.871. The highest BCUT2D eigenvalue weighted by Crippen LogP contribution is 2.29. The van der Waals surface area contributed by atoms with Crippen molar-refractivity contribution >= 4 is 39.5 Å². The smallest absolute Gasteiger partial charge is 0.241 e. The molecule has 0 fully saturated rings. The molecule has 1 aromatic carbocycles. The number of amides is 1. The Balaban J connectivity index is 2.29. The van der Waals surface area contributed by atoms with Gasteiger partial charge in [-0.1, -0.05) is 17.7 Å². The van der Waals surface area contributed by atoms with E-state index in [2.05, 4.69) is 15.9 Å². The van der Waals surface area contributed by atoms with Crippen molar-refractivity contribution in [3.8, 4) is 11.3 Å². The summed E-state index contributed by atoms with van der Waals surface area (Å²) < 4.78 is 6.37. The highest BCUT2D eigenvalue weighted by molar-refractivity contribution is 9.10. The lowest BCUT2D eigenvalue weighted by atomic mass is 10.2. The van der Waals surface area contributed by atoms with E-state index in [4.69, 9.17) is 21.8 Å². The SMILES string of the molecule is NC(=O)/C=C/c1ccc(-c2ccc(Br)c(Cl)c2)o1. The summed E-state index contributed by atoms with van der Waals surface area (Å²) in [5.74, 6) is 0.719. The first kappa shape index (κ1) is 12.9. The van der Waals surface area contributed by atoms with E-state index in [0.29, 0.717) is 16.5 Å². The van der Waals surface area contributed by atoms with Gasteiger partial charge in [0, 0.05) is 16.1 Å². The van der Waals surface area contributed by atoms with Crippen molar-refractivity contribution in [3.63, 3.8) is 0 Å². The summed E-state index contributed by atoms with van der Waals surface area (Å²) in [7, 11) is 0. The molecular weight excluding hydrogens is 318 g/mol. The number of halogens is 2. The molecule has 0 radical (unpaired) electrons. The minimum atomic E-state index is -0.514. The van der Waals surface area contributed by atoms with Crippen LogP contribution in [0.25, 0.3) is 17.4 Å². The lowest BCUT2D eigenvalue weighted by molar-refractivity contribution is -0.113. The molecule has 0 saturated carbocycles. The lowest BCUT2D eigenvalue weighted by Crippen LogP contribution is -2.04. The molecule has 0 unspecified atom stereocenters. The van der Waals surface area contributed by atoms with Gasteiger partial charge in [-0.05, 0) is 46.3 Å². The molecule has 1 heterocycles. The van der Waals surface area contributed by atoms with Crippen LogP contribution in [0.2, 0.25) is 5.02 Å². The van der Waals surface area contributed by atoms with E-state index in [1.807, 2.05) is 12.1 Å². The second-order valence-corrected chi connectivity index (χ2v) is 4.83. The summed E-state index contributed by atoms with van der Waals surface area (Å²) in [6.45, 7) is 0. The van der Waals surface area contributed by atoms with Crippen LogP contribution in [0.15, 0.2) is 45.3 Å². The standard InChI is InChI=1S/C13H9BrClNO2/c14-10-4-1-8(7-11(10)15)12-5-2-9(18-12)3-6-13(16)17/h1-7H,(H2,16,17)/b6-3+. The molecule has 5 heteroatoms. The van der Waals surface area contributed by atoms with Crippen LogP contribution >= 0.6 is 27.5 Å². The van der Waals surface area contributed by atoms with E-state index in [0.717, 1.165) is 10.0 Å². The minimum Gasteiger partial charge on any atom is -0.457 e. The first-order valence-corrected chi connectivity index (χ1v) is 6.26.